The molecule has 0 unspecified atom stereocenters. The number of amides is 4. The molecule has 8 heteroatoms. The molecule has 0 saturated carbocycles. The van der Waals surface area contributed by atoms with E-state index in [2.05, 4.69) is 21.2 Å². The first-order valence-corrected chi connectivity index (χ1v) is 9.65. The van der Waals surface area contributed by atoms with Gasteiger partial charge in [-0.25, -0.2) is 9.69 Å². The van der Waals surface area contributed by atoms with Crippen molar-refractivity contribution in [3.05, 3.63) is 57.1 Å². The molecule has 0 aromatic heterocycles. The molecule has 150 valence electrons. The number of benzene rings is 2. The minimum atomic E-state index is -0.835. The van der Waals surface area contributed by atoms with E-state index >= 15 is 0 Å². The largest absolute Gasteiger partial charge is 0.504 e. The van der Waals surface area contributed by atoms with Gasteiger partial charge in [0.2, 0.25) is 0 Å². The summed E-state index contributed by atoms with van der Waals surface area (Å²) in [4.78, 5) is 38.7. The smallest absolute Gasteiger partial charge is 0.335 e. The van der Waals surface area contributed by atoms with Crippen LogP contribution >= 0.6 is 15.9 Å². The zero-order valence-electron chi connectivity index (χ0n) is 16.1. The summed E-state index contributed by atoms with van der Waals surface area (Å²) in [5, 5.41) is 12.6. The zero-order valence-corrected chi connectivity index (χ0v) is 17.7. The van der Waals surface area contributed by atoms with E-state index in [0.717, 1.165) is 16.0 Å². The molecule has 0 aliphatic carbocycles. The number of aryl methyl sites for hydroxylation is 2. The van der Waals surface area contributed by atoms with Gasteiger partial charge in [0.1, 0.15) is 5.57 Å². The van der Waals surface area contributed by atoms with Gasteiger partial charge in [0.25, 0.3) is 11.8 Å². The van der Waals surface area contributed by atoms with Crippen LogP contribution in [-0.4, -0.2) is 29.6 Å². The standard InChI is InChI=1S/C21H19BrN2O5/c1-4-29-17-10-14(22)8-13(18(17)25)9-16-19(26)23-21(28)24(20(16)27)15-6-11(2)5-12(3)7-15/h5-10,25H,4H2,1-3H3,(H,23,26,28). The maximum Gasteiger partial charge on any atom is 0.335 e. The number of barbiturate groups is 1. The van der Waals surface area contributed by atoms with Gasteiger partial charge in [-0.2, -0.15) is 0 Å². The molecule has 3 rings (SSSR count). The lowest BCUT2D eigenvalue weighted by atomic mass is 10.0. The van der Waals surface area contributed by atoms with Gasteiger partial charge in [-0.15, -0.1) is 0 Å². The first-order chi connectivity index (χ1) is 13.7. The molecule has 0 spiro atoms. The first kappa shape index (κ1) is 20.6. The van der Waals surface area contributed by atoms with Gasteiger partial charge >= 0.3 is 6.03 Å². The highest BCUT2D eigenvalue weighted by atomic mass is 79.9. The average Bonchev–Trinajstić information content (AvgIpc) is 2.61. The maximum absolute atomic E-state index is 13.0. The van der Waals surface area contributed by atoms with E-state index in [-0.39, 0.29) is 22.6 Å². The van der Waals surface area contributed by atoms with Crippen LogP contribution in [0.3, 0.4) is 0 Å². The highest BCUT2D eigenvalue weighted by Gasteiger charge is 2.37. The molecule has 1 heterocycles. The van der Waals surface area contributed by atoms with Crippen LogP contribution in [0.1, 0.15) is 23.6 Å². The Morgan fingerprint density at radius 1 is 1.10 bits per heavy atom. The van der Waals surface area contributed by atoms with Crippen LogP contribution in [0.5, 0.6) is 11.5 Å². The number of anilines is 1. The number of hydrogen-bond donors (Lipinski definition) is 2. The minimum Gasteiger partial charge on any atom is -0.504 e. The van der Waals surface area contributed by atoms with Crippen molar-refractivity contribution in [1.82, 2.24) is 5.32 Å². The van der Waals surface area contributed by atoms with Gasteiger partial charge in [0.05, 0.1) is 12.3 Å². The second-order valence-electron chi connectivity index (χ2n) is 6.58. The van der Waals surface area contributed by atoms with E-state index in [1.807, 2.05) is 19.9 Å². The number of nitrogens with one attached hydrogen (secondary N) is 1. The molecule has 7 nitrogen and oxygen atoms in total. The number of aromatic hydroxyl groups is 1. The van der Waals surface area contributed by atoms with Crippen molar-refractivity contribution in [1.29, 1.82) is 0 Å². The third-order valence-electron chi connectivity index (χ3n) is 4.24. The predicted molar refractivity (Wildman–Crippen MR) is 112 cm³/mol. The van der Waals surface area contributed by atoms with E-state index in [1.54, 1.807) is 31.2 Å². The summed E-state index contributed by atoms with van der Waals surface area (Å²) in [6, 6.07) is 7.57. The molecule has 0 radical (unpaired) electrons. The van der Waals surface area contributed by atoms with E-state index < -0.39 is 17.8 Å². The Labute approximate surface area is 176 Å². The Kier molecular flexibility index (Phi) is 5.74. The molecular weight excluding hydrogens is 440 g/mol. The summed E-state index contributed by atoms with van der Waals surface area (Å²) in [7, 11) is 0. The van der Waals surface area contributed by atoms with E-state index in [9.17, 15) is 19.5 Å². The van der Waals surface area contributed by atoms with E-state index in [1.165, 1.54) is 6.08 Å². The molecule has 4 amide bonds. The number of rotatable bonds is 4. The number of halogens is 1. The van der Waals surface area contributed by atoms with Crippen LogP contribution in [0.2, 0.25) is 0 Å². The predicted octanol–water partition coefficient (Wildman–Crippen LogP) is 3.84. The minimum absolute atomic E-state index is 0.205. The second-order valence-corrected chi connectivity index (χ2v) is 7.49. The molecule has 1 aliphatic rings. The molecule has 2 N–H and O–H groups in total. The lowest BCUT2D eigenvalue weighted by molar-refractivity contribution is -0.122. The summed E-state index contributed by atoms with van der Waals surface area (Å²) >= 11 is 3.32. The molecule has 0 atom stereocenters. The summed E-state index contributed by atoms with van der Waals surface area (Å²) in [6.07, 6.45) is 1.24. The number of ether oxygens (including phenoxy) is 1. The highest BCUT2D eigenvalue weighted by Crippen LogP contribution is 2.36. The van der Waals surface area contributed by atoms with Crippen molar-refractivity contribution in [3.8, 4) is 11.5 Å². The molecule has 29 heavy (non-hydrogen) atoms. The number of nitrogens with zero attached hydrogens (tertiary/aromatic N) is 1. The maximum atomic E-state index is 13.0. The molecule has 2 aromatic rings. The van der Waals surface area contributed by atoms with Crippen molar-refractivity contribution in [2.24, 2.45) is 0 Å². The summed E-state index contributed by atoms with van der Waals surface area (Å²) in [5.41, 5.74) is 2.02. The molecule has 1 fully saturated rings. The van der Waals surface area contributed by atoms with Crippen molar-refractivity contribution >= 4 is 45.5 Å². The van der Waals surface area contributed by atoms with E-state index in [4.69, 9.17) is 4.74 Å². The van der Waals surface area contributed by atoms with Gasteiger partial charge in [-0.1, -0.05) is 22.0 Å². The lowest BCUT2D eigenvalue weighted by Gasteiger charge is -2.27. The topological polar surface area (TPSA) is 95.9 Å². The van der Waals surface area contributed by atoms with Crippen LogP contribution in [0, 0.1) is 13.8 Å². The Hall–Kier alpha value is -3.13. The molecular formula is C21H19BrN2O5. The van der Waals surface area contributed by atoms with Gasteiger partial charge in [0, 0.05) is 10.0 Å². The van der Waals surface area contributed by atoms with Crippen molar-refractivity contribution in [2.75, 3.05) is 11.5 Å². The summed E-state index contributed by atoms with van der Waals surface area (Å²) in [5.74, 6) is -1.61. The fourth-order valence-electron chi connectivity index (χ4n) is 3.10. The Morgan fingerprint density at radius 3 is 2.38 bits per heavy atom. The van der Waals surface area contributed by atoms with Crippen molar-refractivity contribution in [2.45, 2.75) is 20.8 Å². The molecule has 1 saturated heterocycles. The van der Waals surface area contributed by atoms with Gasteiger partial charge in [-0.05, 0) is 62.2 Å². The Morgan fingerprint density at radius 2 is 1.76 bits per heavy atom. The number of carbonyl (C=O) groups is 3. The molecule has 0 bridgehead atoms. The number of urea groups is 1. The number of imide groups is 2. The van der Waals surface area contributed by atoms with Crippen LogP contribution in [0.15, 0.2) is 40.4 Å². The third kappa shape index (κ3) is 4.17. The normalized spacial score (nSPS) is 15.7. The first-order valence-electron chi connectivity index (χ1n) is 8.86. The van der Waals surface area contributed by atoms with Crippen molar-refractivity contribution < 1.29 is 24.2 Å². The fraction of sp³-hybridized carbons (Fsp3) is 0.190. The Balaban J connectivity index is 2.09. The Bertz CT molecular complexity index is 1040. The zero-order chi connectivity index (χ0) is 21.3. The number of carbonyl (C=O) groups excluding carboxylic acids is 3. The highest BCUT2D eigenvalue weighted by molar-refractivity contribution is 9.10. The SMILES string of the molecule is CCOc1cc(Br)cc(C=C2C(=O)NC(=O)N(c3cc(C)cc(C)c3)C2=O)c1O. The van der Waals surface area contributed by atoms with Crippen molar-refractivity contribution in [3.63, 3.8) is 0 Å². The summed E-state index contributed by atoms with van der Waals surface area (Å²) in [6.45, 7) is 5.79. The number of hydrogen-bond acceptors (Lipinski definition) is 5. The third-order valence-corrected chi connectivity index (χ3v) is 4.69. The number of phenols is 1. The van der Waals surface area contributed by atoms with Gasteiger partial charge in [0.15, 0.2) is 11.5 Å². The summed E-state index contributed by atoms with van der Waals surface area (Å²) < 4.78 is 5.97. The number of phenolic OH excluding ortho intramolecular Hbond substituents is 1. The van der Waals surface area contributed by atoms with E-state index in [0.29, 0.717) is 16.8 Å². The quantitative estimate of drug-likeness (QED) is 0.535. The van der Waals surface area contributed by atoms with Crippen LogP contribution < -0.4 is 15.0 Å². The molecule has 1 aliphatic heterocycles. The monoisotopic (exact) mass is 458 g/mol. The average molecular weight is 459 g/mol. The second kappa shape index (κ2) is 8.08. The van der Waals surface area contributed by atoms with Crippen LogP contribution in [0.4, 0.5) is 10.5 Å². The lowest BCUT2D eigenvalue weighted by Crippen LogP contribution is -2.54. The fourth-order valence-corrected chi connectivity index (χ4v) is 3.55. The molecule has 2 aromatic carbocycles. The van der Waals surface area contributed by atoms with Crippen LogP contribution in [0.25, 0.3) is 6.08 Å². The van der Waals surface area contributed by atoms with Gasteiger partial charge < -0.3 is 9.84 Å². The van der Waals surface area contributed by atoms with Gasteiger partial charge in [-0.3, -0.25) is 14.9 Å². The van der Waals surface area contributed by atoms with Crippen LogP contribution in [-0.2, 0) is 9.59 Å².